The van der Waals surface area contributed by atoms with E-state index in [1.165, 1.54) is 14.2 Å². The molecule has 7 nitrogen and oxygen atoms in total. The molecular formula is C17H18O7. The number of para-hydroxylation sites is 2. The highest BCUT2D eigenvalue weighted by molar-refractivity contribution is 5.71. The highest BCUT2D eigenvalue weighted by Gasteiger charge is 2.19. The molecule has 0 fully saturated rings. The van der Waals surface area contributed by atoms with Crippen molar-refractivity contribution in [1.82, 2.24) is 0 Å². The van der Waals surface area contributed by atoms with E-state index in [2.05, 4.69) is 0 Å². The molecule has 2 rings (SSSR count). The first kappa shape index (κ1) is 17.6. The topological polar surface area (TPSA) is 94.5 Å². The number of carbonyl (C=O) groups excluding carboxylic acids is 1. The van der Waals surface area contributed by atoms with Crippen LogP contribution in [0.2, 0.25) is 0 Å². The summed E-state index contributed by atoms with van der Waals surface area (Å²) in [6, 6.07) is 9.67. The van der Waals surface area contributed by atoms with E-state index in [0.29, 0.717) is 11.1 Å². The van der Waals surface area contributed by atoms with Gasteiger partial charge in [-0.15, -0.1) is 0 Å². The molecule has 0 saturated carbocycles. The molecular weight excluding hydrogens is 316 g/mol. The maximum absolute atomic E-state index is 12.1. The molecule has 0 spiro atoms. The summed E-state index contributed by atoms with van der Waals surface area (Å²) in [5.41, 5.74) is 0.738. The summed E-state index contributed by atoms with van der Waals surface area (Å²) >= 11 is 0. The van der Waals surface area contributed by atoms with E-state index in [0.717, 1.165) is 0 Å². The van der Waals surface area contributed by atoms with Crippen molar-refractivity contribution < 1.29 is 34.0 Å². The standard InChI is InChI=1S/C17H18O7/c1-21-13-7-3-5-11(9-18)15(13)23-17(20)24-16-12(10-19)6-4-8-14(16)22-2/h3-8,18-19H,9-10H2,1-2H3. The summed E-state index contributed by atoms with van der Waals surface area (Å²) in [5.74, 6) is 0.683. The maximum atomic E-state index is 12.1. The second kappa shape index (κ2) is 8.19. The van der Waals surface area contributed by atoms with Crippen molar-refractivity contribution in [3.8, 4) is 23.0 Å². The maximum Gasteiger partial charge on any atom is 0.519 e. The number of hydrogen-bond acceptors (Lipinski definition) is 7. The molecule has 2 aromatic carbocycles. The van der Waals surface area contributed by atoms with Crippen LogP contribution in [-0.2, 0) is 13.2 Å². The summed E-state index contributed by atoms with van der Waals surface area (Å²) in [7, 11) is 2.83. The van der Waals surface area contributed by atoms with Crippen LogP contribution < -0.4 is 18.9 Å². The molecule has 0 aliphatic rings. The van der Waals surface area contributed by atoms with Gasteiger partial charge in [-0.2, -0.15) is 0 Å². The van der Waals surface area contributed by atoms with E-state index in [9.17, 15) is 15.0 Å². The summed E-state index contributed by atoms with van der Waals surface area (Å²) in [6.07, 6.45) is -1.05. The van der Waals surface area contributed by atoms with Gasteiger partial charge in [0, 0.05) is 11.1 Å². The molecule has 2 N–H and O–H groups in total. The second-order valence-corrected chi connectivity index (χ2v) is 4.67. The molecule has 24 heavy (non-hydrogen) atoms. The van der Waals surface area contributed by atoms with E-state index >= 15 is 0 Å². The largest absolute Gasteiger partial charge is 0.519 e. The molecule has 0 heterocycles. The van der Waals surface area contributed by atoms with Crippen molar-refractivity contribution in [1.29, 1.82) is 0 Å². The molecule has 0 aliphatic heterocycles. The molecule has 0 aromatic heterocycles. The molecule has 128 valence electrons. The van der Waals surface area contributed by atoms with Gasteiger partial charge in [-0.3, -0.25) is 0 Å². The van der Waals surface area contributed by atoms with E-state index < -0.39 is 6.16 Å². The molecule has 7 heteroatoms. The lowest BCUT2D eigenvalue weighted by atomic mass is 10.2. The van der Waals surface area contributed by atoms with Crippen LogP contribution in [0.3, 0.4) is 0 Å². The molecule has 0 unspecified atom stereocenters. The van der Waals surface area contributed by atoms with Crippen LogP contribution in [0.25, 0.3) is 0 Å². The van der Waals surface area contributed by atoms with Crippen LogP contribution >= 0.6 is 0 Å². The van der Waals surface area contributed by atoms with Crippen LogP contribution in [0.4, 0.5) is 4.79 Å². The van der Waals surface area contributed by atoms with Gasteiger partial charge in [-0.05, 0) is 12.1 Å². The molecule has 0 aliphatic carbocycles. The number of benzene rings is 2. The zero-order valence-corrected chi connectivity index (χ0v) is 13.3. The number of rotatable bonds is 6. The van der Waals surface area contributed by atoms with Gasteiger partial charge in [0.1, 0.15) is 0 Å². The van der Waals surface area contributed by atoms with Gasteiger partial charge >= 0.3 is 6.16 Å². The number of carbonyl (C=O) groups is 1. The van der Waals surface area contributed by atoms with Gasteiger partial charge in [0.05, 0.1) is 27.4 Å². The van der Waals surface area contributed by atoms with E-state index in [1.807, 2.05) is 0 Å². The Bertz CT molecular complexity index is 608. The third-order valence-electron chi connectivity index (χ3n) is 3.27. The zero-order chi connectivity index (χ0) is 17.5. The Balaban J connectivity index is 2.27. The Morgan fingerprint density at radius 2 is 1.25 bits per heavy atom. The molecule has 0 atom stereocenters. The van der Waals surface area contributed by atoms with E-state index in [4.69, 9.17) is 18.9 Å². The van der Waals surface area contributed by atoms with Crippen molar-refractivity contribution in [2.75, 3.05) is 14.2 Å². The van der Waals surface area contributed by atoms with E-state index in [1.54, 1.807) is 36.4 Å². The summed E-state index contributed by atoms with van der Waals surface area (Å²) in [6.45, 7) is -0.674. The fourth-order valence-electron chi connectivity index (χ4n) is 2.11. The monoisotopic (exact) mass is 334 g/mol. The minimum Gasteiger partial charge on any atom is -0.493 e. The third kappa shape index (κ3) is 3.76. The Labute approximate surface area is 139 Å². The highest BCUT2D eigenvalue weighted by Crippen LogP contribution is 2.34. The zero-order valence-electron chi connectivity index (χ0n) is 13.3. The fraction of sp³-hybridized carbons (Fsp3) is 0.235. The normalized spacial score (nSPS) is 10.2. The van der Waals surface area contributed by atoms with Gasteiger partial charge in [0.15, 0.2) is 23.0 Å². The van der Waals surface area contributed by atoms with Gasteiger partial charge in [-0.1, -0.05) is 24.3 Å². The van der Waals surface area contributed by atoms with Crippen molar-refractivity contribution in [2.24, 2.45) is 0 Å². The van der Waals surface area contributed by atoms with Crippen LogP contribution in [-0.4, -0.2) is 30.6 Å². The number of ether oxygens (including phenoxy) is 4. The first-order valence-corrected chi connectivity index (χ1v) is 7.07. The average molecular weight is 334 g/mol. The number of aliphatic hydroxyl groups excluding tert-OH is 2. The predicted molar refractivity (Wildman–Crippen MR) is 84.5 cm³/mol. The molecule has 0 radical (unpaired) electrons. The lowest BCUT2D eigenvalue weighted by molar-refractivity contribution is 0.145. The number of methoxy groups -OCH3 is 2. The third-order valence-corrected chi connectivity index (χ3v) is 3.27. The molecule has 0 saturated heterocycles. The number of hydrogen-bond donors (Lipinski definition) is 2. The van der Waals surface area contributed by atoms with Gasteiger partial charge in [-0.25, -0.2) is 4.79 Å². The van der Waals surface area contributed by atoms with Crippen molar-refractivity contribution >= 4 is 6.16 Å². The van der Waals surface area contributed by atoms with Crippen LogP contribution in [0.15, 0.2) is 36.4 Å². The quantitative estimate of drug-likeness (QED) is 0.618. The minimum absolute atomic E-state index is 0.0629. The van der Waals surface area contributed by atoms with Crippen molar-refractivity contribution in [3.05, 3.63) is 47.5 Å². The lowest BCUT2D eigenvalue weighted by Crippen LogP contribution is -2.17. The predicted octanol–water partition coefficient (Wildman–Crippen LogP) is 2.27. The SMILES string of the molecule is COc1cccc(CO)c1OC(=O)Oc1c(CO)cccc1OC. The first-order valence-electron chi connectivity index (χ1n) is 7.07. The van der Waals surface area contributed by atoms with E-state index in [-0.39, 0.29) is 36.2 Å². The summed E-state index contributed by atoms with van der Waals surface area (Å²) in [4.78, 5) is 12.1. The smallest absolute Gasteiger partial charge is 0.493 e. The van der Waals surface area contributed by atoms with Gasteiger partial charge < -0.3 is 29.2 Å². The van der Waals surface area contributed by atoms with Crippen molar-refractivity contribution in [3.63, 3.8) is 0 Å². The second-order valence-electron chi connectivity index (χ2n) is 4.67. The minimum atomic E-state index is -1.05. The van der Waals surface area contributed by atoms with Crippen LogP contribution in [0.1, 0.15) is 11.1 Å². The van der Waals surface area contributed by atoms with Crippen LogP contribution in [0.5, 0.6) is 23.0 Å². The summed E-state index contributed by atoms with van der Waals surface area (Å²) in [5, 5.41) is 18.7. The van der Waals surface area contributed by atoms with Gasteiger partial charge in [0.2, 0.25) is 0 Å². The first-order chi connectivity index (χ1) is 11.6. The average Bonchev–Trinajstić information content (AvgIpc) is 2.61. The Morgan fingerprint density at radius 1 is 0.833 bits per heavy atom. The summed E-state index contributed by atoms with van der Waals surface area (Å²) < 4.78 is 20.6. The Kier molecular flexibility index (Phi) is 6.00. The molecule has 0 bridgehead atoms. The lowest BCUT2D eigenvalue weighted by Gasteiger charge is -2.15. The molecule has 2 aromatic rings. The fourth-order valence-corrected chi connectivity index (χ4v) is 2.11. The molecule has 0 amide bonds. The number of aliphatic hydroxyl groups is 2. The Morgan fingerprint density at radius 3 is 1.58 bits per heavy atom. The highest BCUT2D eigenvalue weighted by atomic mass is 16.7. The Hall–Kier alpha value is -2.77. The van der Waals surface area contributed by atoms with Gasteiger partial charge in [0.25, 0.3) is 0 Å². The van der Waals surface area contributed by atoms with Crippen molar-refractivity contribution in [2.45, 2.75) is 13.2 Å². The van der Waals surface area contributed by atoms with Crippen LogP contribution in [0, 0.1) is 0 Å².